The Morgan fingerprint density at radius 2 is 2.03 bits per heavy atom. The van der Waals surface area contributed by atoms with E-state index in [0.717, 1.165) is 33.1 Å². The summed E-state index contributed by atoms with van der Waals surface area (Å²) in [5.41, 5.74) is 0.785. The number of carboxylic acids is 1. The summed E-state index contributed by atoms with van der Waals surface area (Å²) in [4.78, 5) is 22.8. The van der Waals surface area contributed by atoms with E-state index >= 15 is 0 Å². The number of aliphatic carboxylic acids is 1. The van der Waals surface area contributed by atoms with Crippen LogP contribution in [-0.2, 0) is 15.5 Å². The molecule has 3 rings (SSSR count). The number of benzene rings is 1. The van der Waals surface area contributed by atoms with Gasteiger partial charge in [0.2, 0.25) is 0 Å². The van der Waals surface area contributed by atoms with Gasteiger partial charge in [0, 0.05) is 23.0 Å². The molecule has 0 amide bonds. The van der Waals surface area contributed by atoms with Gasteiger partial charge in [0.25, 0.3) is 0 Å². The number of carbonyl (C=O) groups excluding carboxylic acids is 1. The van der Waals surface area contributed by atoms with Gasteiger partial charge in [-0.25, -0.2) is 0 Å². The first-order chi connectivity index (χ1) is 14.3. The van der Waals surface area contributed by atoms with Crippen LogP contribution in [0.15, 0.2) is 66.3 Å². The van der Waals surface area contributed by atoms with E-state index < -0.39 is 17.8 Å². The van der Waals surface area contributed by atoms with E-state index in [1.807, 2.05) is 36.4 Å². The largest absolute Gasteiger partial charge is 0.481 e. The molecule has 3 nitrogen and oxygen atoms in total. The van der Waals surface area contributed by atoms with Crippen molar-refractivity contribution in [3.63, 3.8) is 0 Å². The number of allylic oxidation sites excluding steroid dienone is 6. The van der Waals surface area contributed by atoms with E-state index in [9.17, 15) is 18.4 Å². The Labute approximate surface area is 178 Å². The highest BCUT2D eigenvalue weighted by Gasteiger charge is 2.35. The first-order valence-corrected chi connectivity index (χ1v) is 10.7. The monoisotopic (exact) mass is 430 g/mol. The van der Waals surface area contributed by atoms with Crippen LogP contribution in [0, 0.1) is 11.8 Å². The highest BCUT2D eigenvalue weighted by molar-refractivity contribution is 7.19. The van der Waals surface area contributed by atoms with Crippen molar-refractivity contribution in [2.24, 2.45) is 11.8 Å². The van der Waals surface area contributed by atoms with Crippen LogP contribution in [0.4, 0.5) is 8.78 Å². The maximum atomic E-state index is 14.8. The van der Waals surface area contributed by atoms with Crippen LogP contribution in [0.3, 0.4) is 0 Å². The van der Waals surface area contributed by atoms with Gasteiger partial charge in [-0.1, -0.05) is 42.0 Å². The zero-order chi connectivity index (χ0) is 21.7. The first-order valence-electron chi connectivity index (χ1n) is 9.93. The third-order valence-electron chi connectivity index (χ3n) is 5.28. The summed E-state index contributed by atoms with van der Waals surface area (Å²) in [5.74, 6) is -4.75. The topological polar surface area (TPSA) is 54.4 Å². The minimum absolute atomic E-state index is 0.0132. The smallest absolute Gasteiger partial charge is 0.303 e. The van der Waals surface area contributed by atoms with Crippen LogP contribution < -0.4 is 0 Å². The number of hydrogen-bond acceptors (Lipinski definition) is 3. The second-order valence-electron chi connectivity index (χ2n) is 7.55. The summed E-state index contributed by atoms with van der Waals surface area (Å²) >= 11 is 1.08. The highest BCUT2D eigenvalue weighted by atomic mass is 32.1. The Kier molecular flexibility index (Phi) is 6.98. The second-order valence-corrected chi connectivity index (χ2v) is 8.63. The SMILES string of the molecule is CC1=CC(=O)[C@H](C/C=C\CCCC(=O)O)[C@H]1/C=C/C(F)(F)c1cc2ccccc2s1. The fraction of sp³-hybridized carbons (Fsp3) is 0.333. The van der Waals surface area contributed by atoms with Crippen molar-refractivity contribution in [1.29, 1.82) is 0 Å². The maximum absolute atomic E-state index is 14.8. The number of carboxylic acid groups (broad SMARTS) is 1. The summed E-state index contributed by atoms with van der Waals surface area (Å²) in [6.07, 6.45) is 9.32. The minimum atomic E-state index is -3.10. The number of ketones is 1. The van der Waals surface area contributed by atoms with Crippen LogP contribution in [-0.4, -0.2) is 16.9 Å². The number of carbonyl (C=O) groups is 2. The first kappa shape index (κ1) is 22.1. The van der Waals surface area contributed by atoms with Crippen molar-refractivity contribution in [2.75, 3.05) is 0 Å². The summed E-state index contributed by atoms with van der Waals surface area (Å²) in [7, 11) is 0. The van der Waals surface area contributed by atoms with E-state index in [-0.39, 0.29) is 23.0 Å². The summed E-state index contributed by atoms with van der Waals surface area (Å²) in [6.45, 7) is 1.79. The van der Waals surface area contributed by atoms with Gasteiger partial charge in [0.15, 0.2) is 5.78 Å². The molecular formula is C24H24F2O3S. The molecule has 0 saturated heterocycles. The molecule has 6 heteroatoms. The molecule has 1 aromatic carbocycles. The molecule has 158 valence electrons. The molecule has 1 aromatic heterocycles. The molecule has 0 fully saturated rings. The Morgan fingerprint density at radius 3 is 2.77 bits per heavy atom. The van der Waals surface area contributed by atoms with Gasteiger partial charge in [-0.05, 0) is 55.9 Å². The van der Waals surface area contributed by atoms with Crippen LogP contribution in [0.5, 0.6) is 0 Å². The molecule has 2 aromatic rings. The molecule has 1 heterocycles. The van der Waals surface area contributed by atoms with Crippen LogP contribution >= 0.6 is 11.3 Å². The van der Waals surface area contributed by atoms with Gasteiger partial charge >= 0.3 is 11.9 Å². The minimum Gasteiger partial charge on any atom is -0.481 e. The Bertz CT molecular complexity index is 983. The fourth-order valence-electron chi connectivity index (χ4n) is 3.66. The van der Waals surface area contributed by atoms with Crippen LogP contribution in [0.2, 0.25) is 0 Å². The predicted molar refractivity (Wildman–Crippen MR) is 116 cm³/mol. The molecular weight excluding hydrogens is 406 g/mol. The molecule has 0 radical (unpaired) electrons. The second kappa shape index (κ2) is 9.47. The molecule has 0 aliphatic heterocycles. The van der Waals surface area contributed by atoms with Gasteiger partial charge in [0.05, 0.1) is 4.88 Å². The standard InChI is InChI=1S/C24H24F2O3S/c1-16-14-20(27)19(9-4-2-3-5-11-23(28)29)18(16)12-13-24(25,26)22-15-17-8-6-7-10-21(17)30-22/h2,4,6-8,10,12-15,18-19H,3,5,9,11H2,1H3,(H,28,29)/b4-2-,13-12+/t18-,19+/m0/s1. The Balaban J connectivity index is 1.68. The number of unbranched alkanes of at least 4 members (excludes halogenated alkanes) is 1. The molecule has 1 aliphatic carbocycles. The van der Waals surface area contributed by atoms with Crippen LogP contribution in [0.1, 0.15) is 37.5 Å². The molecule has 0 unspecified atom stereocenters. The third kappa shape index (κ3) is 5.30. The molecule has 0 spiro atoms. The zero-order valence-electron chi connectivity index (χ0n) is 16.7. The van der Waals surface area contributed by atoms with E-state index in [4.69, 9.17) is 5.11 Å². The number of alkyl halides is 2. The molecule has 30 heavy (non-hydrogen) atoms. The molecule has 1 aliphatic rings. The predicted octanol–water partition coefficient (Wildman–Crippen LogP) is 6.51. The summed E-state index contributed by atoms with van der Waals surface area (Å²) in [5, 5.41) is 9.44. The number of halogens is 2. The van der Waals surface area contributed by atoms with Crippen molar-refractivity contribution in [1.82, 2.24) is 0 Å². The Morgan fingerprint density at radius 1 is 1.27 bits per heavy atom. The van der Waals surface area contributed by atoms with Crippen molar-refractivity contribution >= 4 is 33.2 Å². The Hall–Kier alpha value is -2.60. The average Bonchev–Trinajstić information content (AvgIpc) is 3.24. The lowest BCUT2D eigenvalue weighted by Crippen LogP contribution is -2.16. The molecule has 1 N–H and O–H groups in total. The summed E-state index contributed by atoms with van der Waals surface area (Å²) in [6, 6.07) is 8.81. The normalized spacial score (nSPS) is 20.0. The molecule has 0 bridgehead atoms. The van der Waals surface area contributed by atoms with Gasteiger partial charge in [-0.3, -0.25) is 9.59 Å². The zero-order valence-corrected chi connectivity index (χ0v) is 17.5. The number of fused-ring (bicyclic) bond motifs is 1. The highest BCUT2D eigenvalue weighted by Crippen LogP contribution is 2.40. The lowest BCUT2D eigenvalue weighted by molar-refractivity contribution is -0.137. The lowest BCUT2D eigenvalue weighted by atomic mass is 9.87. The van der Waals surface area contributed by atoms with Crippen molar-refractivity contribution in [3.8, 4) is 0 Å². The van der Waals surface area contributed by atoms with Crippen molar-refractivity contribution < 1.29 is 23.5 Å². The third-order valence-corrected chi connectivity index (χ3v) is 6.48. The van der Waals surface area contributed by atoms with Crippen molar-refractivity contribution in [3.05, 3.63) is 71.2 Å². The van der Waals surface area contributed by atoms with Crippen molar-refractivity contribution in [2.45, 2.75) is 38.5 Å². The average molecular weight is 431 g/mol. The fourth-order valence-corrected chi connectivity index (χ4v) is 4.67. The number of rotatable bonds is 9. The van der Waals surface area contributed by atoms with Gasteiger partial charge < -0.3 is 5.11 Å². The maximum Gasteiger partial charge on any atom is 0.303 e. The van der Waals surface area contributed by atoms with Crippen LogP contribution in [0.25, 0.3) is 10.1 Å². The van der Waals surface area contributed by atoms with E-state index in [1.54, 1.807) is 6.92 Å². The number of thiophene rings is 1. The van der Waals surface area contributed by atoms with E-state index in [2.05, 4.69) is 0 Å². The molecule has 2 atom stereocenters. The summed E-state index contributed by atoms with van der Waals surface area (Å²) < 4.78 is 30.4. The van der Waals surface area contributed by atoms with Gasteiger partial charge in [-0.2, -0.15) is 8.78 Å². The molecule has 0 saturated carbocycles. The van der Waals surface area contributed by atoms with Gasteiger partial charge in [0.1, 0.15) is 0 Å². The quantitative estimate of drug-likeness (QED) is 0.364. The van der Waals surface area contributed by atoms with Gasteiger partial charge in [-0.15, -0.1) is 11.3 Å². The number of hydrogen-bond donors (Lipinski definition) is 1. The van der Waals surface area contributed by atoms with E-state index in [0.29, 0.717) is 19.3 Å². The lowest BCUT2D eigenvalue weighted by Gasteiger charge is -2.17. The van der Waals surface area contributed by atoms with E-state index in [1.165, 1.54) is 18.2 Å².